The predicted molar refractivity (Wildman–Crippen MR) is 88.2 cm³/mol. The number of hydrogen-bond acceptors (Lipinski definition) is 3. The minimum atomic E-state index is -0.517. The number of fused-ring (bicyclic) bond motifs is 5. The zero-order valence-corrected chi connectivity index (χ0v) is 14.6. The van der Waals surface area contributed by atoms with E-state index in [1.807, 2.05) is 0 Å². The summed E-state index contributed by atoms with van der Waals surface area (Å²) in [5.74, 6) is 2.60. The van der Waals surface area contributed by atoms with Crippen LogP contribution in [0.3, 0.4) is 0 Å². The lowest BCUT2D eigenvalue weighted by Crippen LogP contribution is -2.57. The van der Waals surface area contributed by atoms with Gasteiger partial charge in [0.15, 0.2) is 0 Å². The Bertz CT molecular complexity index is 495. The summed E-state index contributed by atoms with van der Waals surface area (Å²) >= 11 is 0. The van der Waals surface area contributed by atoms with Crippen molar-refractivity contribution in [1.29, 1.82) is 0 Å². The van der Waals surface area contributed by atoms with Gasteiger partial charge in [0.25, 0.3) is 5.09 Å². The summed E-state index contributed by atoms with van der Waals surface area (Å²) in [6.45, 7) is 4.93. The van der Waals surface area contributed by atoms with Crippen molar-refractivity contribution in [2.45, 2.75) is 84.2 Å². The molecule has 4 fully saturated rings. The highest BCUT2D eigenvalue weighted by molar-refractivity contribution is 5.08. The fraction of sp³-hybridized carbons (Fsp3) is 1.00. The second-order valence-electron chi connectivity index (χ2n) is 9.42. The summed E-state index contributed by atoms with van der Waals surface area (Å²) in [6, 6.07) is 0. The second kappa shape index (κ2) is 5.35. The molecule has 4 nitrogen and oxygen atoms in total. The van der Waals surface area contributed by atoms with E-state index in [1.54, 1.807) is 0 Å². The Kier molecular flexibility index (Phi) is 3.66. The quantitative estimate of drug-likeness (QED) is 0.531. The molecule has 23 heavy (non-hydrogen) atoms. The summed E-state index contributed by atoms with van der Waals surface area (Å²) in [5, 5.41) is 10.6. The second-order valence-corrected chi connectivity index (χ2v) is 9.42. The molecule has 0 aromatic rings. The third-order valence-electron chi connectivity index (χ3n) is 8.57. The molecule has 0 N–H and O–H groups in total. The van der Waals surface area contributed by atoms with Crippen molar-refractivity contribution in [3.8, 4) is 0 Å². The van der Waals surface area contributed by atoms with Crippen molar-refractivity contribution in [2.24, 2.45) is 34.5 Å². The molecule has 0 saturated heterocycles. The largest absolute Gasteiger partial charge is 0.310 e. The van der Waals surface area contributed by atoms with Gasteiger partial charge in [-0.25, -0.2) is 0 Å². The topological polar surface area (TPSA) is 52.4 Å². The first-order valence-electron chi connectivity index (χ1n) is 9.75. The summed E-state index contributed by atoms with van der Waals surface area (Å²) in [4.78, 5) is 16.4. The van der Waals surface area contributed by atoms with E-state index < -0.39 is 5.09 Å². The van der Waals surface area contributed by atoms with Gasteiger partial charge in [-0.05, 0) is 79.4 Å². The zero-order chi connectivity index (χ0) is 16.2. The Labute approximate surface area is 139 Å². The lowest BCUT2D eigenvalue weighted by Gasteiger charge is -2.61. The van der Waals surface area contributed by atoms with Crippen LogP contribution in [0.5, 0.6) is 0 Å². The highest BCUT2D eigenvalue weighted by atomic mass is 17.0. The van der Waals surface area contributed by atoms with E-state index in [0.29, 0.717) is 17.3 Å². The van der Waals surface area contributed by atoms with Gasteiger partial charge in [0.1, 0.15) is 6.10 Å². The minimum absolute atomic E-state index is 0.153. The SMILES string of the molecule is C[C@@]12CCC[C@H]1[C@@H]1C[C@H](O[N+](=O)[O-])C3CCCC[C@]3(C)[C@H]1CC2. The summed E-state index contributed by atoms with van der Waals surface area (Å²) in [6.07, 6.45) is 12.4. The molecule has 4 rings (SSSR count). The monoisotopic (exact) mass is 321 g/mol. The number of rotatable bonds is 2. The van der Waals surface area contributed by atoms with Gasteiger partial charge < -0.3 is 4.84 Å². The Balaban J connectivity index is 1.68. The first-order valence-corrected chi connectivity index (χ1v) is 9.75. The molecule has 0 radical (unpaired) electrons. The van der Waals surface area contributed by atoms with Gasteiger partial charge in [-0.1, -0.05) is 33.1 Å². The first kappa shape index (κ1) is 15.7. The van der Waals surface area contributed by atoms with Crippen molar-refractivity contribution in [2.75, 3.05) is 0 Å². The van der Waals surface area contributed by atoms with E-state index in [9.17, 15) is 10.1 Å². The maximum Gasteiger partial charge on any atom is 0.294 e. The van der Waals surface area contributed by atoms with E-state index in [4.69, 9.17) is 4.84 Å². The lowest BCUT2D eigenvalue weighted by molar-refractivity contribution is -0.773. The van der Waals surface area contributed by atoms with Gasteiger partial charge in [-0.15, -0.1) is 10.1 Å². The molecule has 7 atom stereocenters. The molecule has 1 unspecified atom stereocenters. The molecule has 0 aromatic carbocycles. The van der Waals surface area contributed by atoms with Crippen LogP contribution < -0.4 is 0 Å². The van der Waals surface area contributed by atoms with Crippen molar-refractivity contribution in [3.63, 3.8) is 0 Å². The molecule has 130 valence electrons. The predicted octanol–water partition coefficient (Wildman–Crippen LogP) is 5.00. The highest BCUT2D eigenvalue weighted by Crippen LogP contribution is 2.66. The lowest BCUT2D eigenvalue weighted by atomic mass is 9.45. The molecule has 0 aromatic heterocycles. The fourth-order valence-electron chi connectivity index (χ4n) is 7.54. The van der Waals surface area contributed by atoms with E-state index >= 15 is 0 Å². The fourth-order valence-corrected chi connectivity index (χ4v) is 7.54. The molecule has 0 spiro atoms. The van der Waals surface area contributed by atoms with Gasteiger partial charge in [0.05, 0.1) is 0 Å². The van der Waals surface area contributed by atoms with Gasteiger partial charge in [0, 0.05) is 0 Å². The summed E-state index contributed by atoms with van der Waals surface area (Å²) in [5.41, 5.74) is 0.768. The maximum atomic E-state index is 11.1. The third kappa shape index (κ3) is 2.31. The van der Waals surface area contributed by atoms with E-state index in [-0.39, 0.29) is 11.5 Å². The normalized spacial score (nSPS) is 52.2. The molecule has 4 aliphatic carbocycles. The molecule has 4 heteroatoms. The maximum absolute atomic E-state index is 11.1. The number of nitrogens with zero attached hydrogens (tertiary/aromatic N) is 1. The van der Waals surface area contributed by atoms with Crippen molar-refractivity contribution in [3.05, 3.63) is 10.1 Å². The summed E-state index contributed by atoms with van der Waals surface area (Å²) in [7, 11) is 0. The Morgan fingerprint density at radius 1 is 0.957 bits per heavy atom. The van der Waals surface area contributed by atoms with Gasteiger partial charge >= 0.3 is 0 Å². The highest BCUT2D eigenvalue weighted by Gasteiger charge is 2.60. The van der Waals surface area contributed by atoms with Crippen LogP contribution in [0.15, 0.2) is 0 Å². The average molecular weight is 321 g/mol. The van der Waals surface area contributed by atoms with Crippen LogP contribution in [0.2, 0.25) is 0 Å². The Morgan fingerprint density at radius 2 is 1.74 bits per heavy atom. The van der Waals surface area contributed by atoms with Crippen LogP contribution in [0, 0.1) is 44.6 Å². The standard InChI is InChI=1S/C19H31NO3/c1-18-9-5-7-14(18)13-12-17(23-20(21)22)16-6-3-4-10-19(16,2)15(13)8-11-18/h13-17H,3-12H2,1-2H3/t13-,14-,15-,16?,17-,18-,19+/m0/s1. The molecule has 4 saturated carbocycles. The molecule has 0 amide bonds. The average Bonchev–Trinajstić information content (AvgIpc) is 2.88. The molecule has 4 aliphatic rings. The van der Waals surface area contributed by atoms with E-state index in [0.717, 1.165) is 24.7 Å². The van der Waals surface area contributed by atoms with Crippen LogP contribution in [0.1, 0.15) is 78.1 Å². The van der Waals surface area contributed by atoms with Crippen molar-refractivity contribution >= 4 is 0 Å². The molecular weight excluding hydrogens is 290 g/mol. The Hall–Kier alpha value is -0.800. The van der Waals surface area contributed by atoms with Crippen molar-refractivity contribution < 1.29 is 9.92 Å². The van der Waals surface area contributed by atoms with Crippen LogP contribution in [-0.2, 0) is 4.84 Å². The first-order chi connectivity index (χ1) is 10.9. The number of hydrogen-bond donors (Lipinski definition) is 0. The van der Waals surface area contributed by atoms with Gasteiger partial charge in [-0.2, -0.15) is 0 Å². The zero-order valence-electron chi connectivity index (χ0n) is 14.6. The van der Waals surface area contributed by atoms with Crippen LogP contribution in [-0.4, -0.2) is 11.2 Å². The van der Waals surface area contributed by atoms with Gasteiger partial charge in [0.2, 0.25) is 0 Å². The van der Waals surface area contributed by atoms with Crippen LogP contribution >= 0.6 is 0 Å². The molecule has 0 bridgehead atoms. The molecule has 0 heterocycles. The van der Waals surface area contributed by atoms with Crippen LogP contribution in [0.4, 0.5) is 0 Å². The van der Waals surface area contributed by atoms with Crippen LogP contribution in [0.25, 0.3) is 0 Å². The van der Waals surface area contributed by atoms with Crippen molar-refractivity contribution in [1.82, 2.24) is 0 Å². The Morgan fingerprint density at radius 3 is 2.52 bits per heavy atom. The smallest absolute Gasteiger partial charge is 0.294 e. The van der Waals surface area contributed by atoms with E-state index in [2.05, 4.69) is 13.8 Å². The van der Waals surface area contributed by atoms with Gasteiger partial charge in [-0.3, -0.25) is 0 Å². The molecule has 0 aliphatic heterocycles. The summed E-state index contributed by atoms with van der Waals surface area (Å²) < 4.78 is 0. The minimum Gasteiger partial charge on any atom is -0.310 e. The third-order valence-corrected chi connectivity index (χ3v) is 8.57. The molecular formula is C19H31NO3. The van der Waals surface area contributed by atoms with E-state index in [1.165, 1.54) is 51.4 Å².